The minimum absolute atomic E-state index is 1.02. The van der Waals surface area contributed by atoms with Crippen LogP contribution in [0.5, 0.6) is 0 Å². The van der Waals surface area contributed by atoms with Crippen molar-refractivity contribution in [1.82, 2.24) is 0 Å². The van der Waals surface area contributed by atoms with Gasteiger partial charge in [-0.2, -0.15) is 0 Å². The van der Waals surface area contributed by atoms with E-state index < -0.39 is 0 Å². The fraction of sp³-hybridized carbons (Fsp3) is 0.200. The van der Waals surface area contributed by atoms with E-state index in [0.29, 0.717) is 0 Å². The molecule has 0 heteroatoms. The number of aryl methyl sites for hydroxylation is 1. The van der Waals surface area contributed by atoms with Gasteiger partial charge in [-0.3, -0.25) is 0 Å². The molecule has 0 radical (unpaired) electrons. The summed E-state index contributed by atoms with van der Waals surface area (Å²) < 4.78 is 0. The minimum Gasteiger partial charge on any atom is -0.0798 e. The Kier molecular flexibility index (Phi) is 2.86. The summed E-state index contributed by atoms with van der Waals surface area (Å²) in [6, 6.07) is 8.73. The first-order valence-electron chi connectivity index (χ1n) is 5.37. The molecule has 0 saturated carbocycles. The Balaban J connectivity index is 2.32. The maximum absolute atomic E-state index is 2.23. The van der Waals surface area contributed by atoms with E-state index in [1.807, 2.05) is 0 Å². The SMILES string of the molecule is CC1=CC=C(c2ccc(C)cc2)CC=C1. The fourth-order valence-electron chi connectivity index (χ4n) is 1.71. The average molecular weight is 196 g/mol. The Hall–Kier alpha value is -1.56. The van der Waals surface area contributed by atoms with Crippen molar-refractivity contribution in [2.75, 3.05) is 0 Å². The lowest BCUT2D eigenvalue weighted by atomic mass is 10.0. The van der Waals surface area contributed by atoms with Crippen LogP contribution < -0.4 is 0 Å². The first kappa shape index (κ1) is 9.97. The van der Waals surface area contributed by atoms with Crippen LogP contribution in [-0.2, 0) is 0 Å². The van der Waals surface area contributed by atoms with Crippen molar-refractivity contribution >= 4 is 5.57 Å². The molecule has 0 unspecified atom stereocenters. The Morgan fingerprint density at radius 2 is 1.67 bits per heavy atom. The van der Waals surface area contributed by atoms with Gasteiger partial charge in [0.05, 0.1) is 0 Å². The Morgan fingerprint density at radius 1 is 0.933 bits per heavy atom. The zero-order valence-electron chi connectivity index (χ0n) is 9.33. The molecule has 1 aliphatic carbocycles. The van der Waals surface area contributed by atoms with Gasteiger partial charge in [0, 0.05) is 0 Å². The van der Waals surface area contributed by atoms with Crippen LogP contribution in [0.2, 0.25) is 0 Å². The minimum atomic E-state index is 1.02. The van der Waals surface area contributed by atoms with Crippen LogP contribution >= 0.6 is 0 Å². The van der Waals surface area contributed by atoms with E-state index in [2.05, 4.69) is 62.4 Å². The van der Waals surface area contributed by atoms with Crippen LogP contribution in [0.4, 0.5) is 0 Å². The normalized spacial score (nSPS) is 15.6. The standard InChI is InChI=1S/C15H16/c1-12-4-3-5-14(9-6-12)15-10-7-13(2)8-11-15/h3-4,6-11H,5H2,1-2H3. The van der Waals surface area contributed by atoms with Crippen molar-refractivity contribution in [2.24, 2.45) is 0 Å². The average Bonchev–Trinajstić information content (AvgIpc) is 2.44. The molecular formula is C15H16. The third kappa shape index (κ3) is 2.47. The number of hydrogen-bond donors (Lipinski definition) is 0. The predicted molar refractivity (Wildman–Crippen MR) is 66.7 cm³/mol. The second-order valence-corrected chi connectivity index (χ2v) is 4.08. The molecule has 2 rings (SSSR count). The van der Waals surface area contributed by atoms with Gasteiger partial charge in [0.1, 0.15) is 0 Å². The second-order valence-electron chi connectivity index (χ2n) is 4.08. The van der Waals surface area contributed by atoms with E-state index in [9.17, 15) is 0 Å². The summed E-state index contributed by atoms with van der Waals surface area (Å²) in [4.78, 5) is 0. The van der Waals surface area contributed by atoms with Crippen LogP contribution in [-0.4, -0.2) is 0 Å². The predicted octanol–water partition coefficient (Wildman–Crippen LogP) is 4.28. The molecule has 15 heavy (non-hydrogen) atoms. The molecule has 0 N–H and O–H groups in total. The molecule has 0 fully saturated rings. The molecule has 0 heterocycles. The van der Waals surface area contributed by atoms with E-state index >= 15 is 0 Å². The highest BCUT2D eigenvalue weighted by molar-refractivity contribution is 5.69. The molecule has 0 bridgehead atoms. The van der Waals surface area contributed by atoms with Gasteiger partial charge in [0.2, 0.25) is 0 Å². The van der Waals surface area contributed by atoms with Crippen molar-refractivity contribution in [1.29, 1.82) is 0 Å². The lowest BCUT2D eigenvalue weighted by Crippen LogP contribution is -1.82. The Morgan fingerprint density at radius 3 is 2.40 bits per heavy atom. The molecule has 0 aliphatic heterocycles. The van der Waals surface area contributed by atoms with Crippen molar-refractivity contribution < 1.29 is 0 Å². The highest BCUT2D eigenvalue weighted by Gasteiger charge is 2.00. The van der Waals surface area contributed by atoms with E-state index in [4.69, 9.17) is 0 Å². The van der Waals surface area contributed by atoms with E-state index in [0.717, 1.165) is 6.42 Å². The molecule has 1 aromatic carbocycles. The van der Waals surface area contributed by atoms with Crippen LogP contribution in [0.3, 0.4) is 0 Å². The maximum Gasteiger partial charge on any atom is -0.00883 e. The molecular weight excluding hydrogens is 180 g/mol. The molecule has 0 spiro atoms. The molecule has 1 aromatic rings. The van der Waals surface area contributed by atoms with Gasteiger partial charge in [-0.05, 0) is 31.4 Å². The third-order valence-electron chi connectivity index (χ3n) is 2.69. The van der Waals surface area contributed by atoms with Gasteiger partial charge in [-0.25, -0.2) is 0 Å². The monoisotopic (exact) mass is 196 g/mol. The first-order chi connectivity index (χ1) is 7.25. The zero-order chi connectivity index (χ0) is 10.7. The summed E-state index contributed by atoms with van der Waals surface area (Å²) >= 11 is 0. The summed E-state index contributed by atoms with van der Waals surface area (Å²) in [5.41, 5.74) is 5.35. The summed E-state index contributed by atoms with van der Waals surface area (Å²) in [5, 5.41) is 0. The van der Waals surface area contributed by atoms with Crippen LogP contribution in [0.1, 0.15) is 24.5 Å². The second kappa shape index (κ2) is 4.31. The van der Waals surface area contributed by atoms with Gasteiger partial charge in [-0.15, -0.1) is 0 Å². The van der Waals surface area contributed by atoms with Gasteiger partial charge in [0.15, 0.2) is 0 Å². The fourth-order valence-corrected chi connectivity index (χ4v) is 1.71. The Labute approximate surface area is 91.6 Å². The van der Waals surface area contributed by atoms with Crippen LogP contribution in [0.15, 0.2) is 54.1 Å². The topological polar surface area (TPSA) is 0 Å². The summed E-state index contributed by atoms with van der Waals surface area (Å²) in [6.07, 6.45) is 9.83. The summed E-state index contributed by atoms with van der Waals surface area (Å²) in [5.74, 6) is 0. The lowest BCUT2D eigenvalue weighted by molar-refractivity contribution is 1.37. The molecule has 0 nitrogen and oxygen atoms in total. The van der Waals surface area contributed by atoms with Gasteiger partial charge in [-0.1, -0.05) is 59.7 Å². The largest absolute Gasteiger partial charge is 0.0798 e. The highest BCUT2D eigenvalue weighted by atomic mass is 14.1. The molecule has 76 valence electrons. The number of allylic oxidation sites excluding steroid dienone is 6. The lowest BCUT2D eigenvalue weighted by Gasteiger charge is -2.04. The smallest absolute Gasteiger partial charge is 0.00883 e. The van der Waals surface area contributed by atoms with Crippen molar-refractivity contribution in [3.05, 3.63) is 65.3 Å². The number of hydrogen-bond acceptors (Lipinski definition) is 0. The Bertz CT molecular complexity index is 428. The molecule has 0 atom stereocenters. The third-order valence-corrected chi connectivity index (χ3v) is 2.69. The quantitative estimate of drug-likeness (QED) is 0.628. The van der Waals surface area contributed by atoms with Crippen LogP contribution in [0.25, 0.3) is 5.57 Å². The summed E-state index contributed by atoms with van der Waals surface area (Å²) in [6.45, 7) is 4.25. The summed E-state index contributed by atoms with van der Waals surface area (Å²) in [7, 11) is 0. The number of rotatable bonds is 1. The molecule has 0 saturated heterocycles. The zero-order valence-corrected chi connectivity index (χ0v) is 9.33. The van der Waals surface area contributed by atoms with Crippen molar-refractivity contribution in [3.63, 3.8) is 0 Å². The first-order valence-corrected chi connectivity index (χ1v) is 5.37. The van der Waals surface area contributed by atoms with Crippen molar-refractivity contribution in [2.45, 2.75) is 20.3 Å². The van der Waals surface area contributed by atoms with Gasteiger partial charge >= 0.3 is 0 Å². The van der Waals surface area contributed by atoms with Crippen molar-refractivity contribution in [3.8, 4) is 0 Å². The van der Waals surface area contributed by atoms with E-state index in [1.54, 1.807) is 0 Å². The van der Waals surface area contributed by atoms with E-state index in [1.165, 1.54) is 22.3 Å². The van der Waals surface area contributed by atoms with Gasteiger partial charge in [0.25, 0.3) is 0 Å². The number of benzene rings is 1. The molecule has 0 aromatic heterocycles. The molecule has 1 aliphatic rings. The van der Waals surface area contributed by atoms with Crippen LogP contribution in [0, 0.1) is 6.92 Å². The maximum atomic E-state index is 2.23. The molecule has 0 amide bonds. The highest BCUT2D eigenvalue weighted by Crippen LogP contribution is 2.22. The van der Waals surface area contributed by atoms with E-state index in [-0.39, 0.29) is 0 Å². The van der Waals surface area contributed by atoms with Gasteiger partial charge < -0.3 is 0 Å².